The SMILES string of the molecule is CC=C(C)CN1CCN(C)CC1. The van der Waals surface area contributed by atoms with Crippen LogP contribution >= 0.6 is 0 Å². The molecule has 0 atom stereocenters. The van der Waals surface area contributed by atoms with Gasteiger partial charge in [0.05, 0.1) is 0 Å². The van der Waals surface area contributed by atoms with E-state index in [0.717, 1.165) is 6.54 Å². The van der Waals surface area contributed by atoms with Crippen molar-refractivity contribution in [3.63, 3.8) is 0 Å². The summed E-state index contributed by atoms with van der Waals surface area (Å²) in [4.78, 5) is 4.91. The zero-order valence-electron chi connectivity index (χ0n) is 8.51. The normalized spacial score (nSPS) is 23.1. The molecule has 2 heteroatoms. The molecule has 1 aliphatic heterocycles. The minimum Gasteiger partial charge on any atom is -0.304 e. The van der Waals surface area contributed by atoms with Crippen molar-refractivity contribution in [3.8, 4) is 0 Å². The Labute approximate surface area is 75.8 Å². The third-order valence-corrected chi connectivity index (χ3v) is 2.56. The van der Waals surface area contributed by atoms with Crippen LogP contribution in [0.15, 0.2) is 11.6 Å². The fourth-order valence-electron chi connectivity index (χ4n) is 1.45. The third kappa shape index (κ3) is 2.95. The molecule has 1 aliphatic rings. The quantitative estimate of drug-likeness (QED) is 0.572. The first-order valence-corrected chi connectivity index (χ1v) is 4.75. The van der Waals surface area contributed by atoms with Crippen LogP contribution in [-0.4, -0.2) is 49.6 Å². The molecule has 0 amide bonds. The van der Waals surface area contributed by atoms with Gasteiger partial charge in [0.1, 0.15) is 0 Å². The molecule has 0 radical (unpaired) electrons. The summed E-state index contributed by atoms with van der Waals surface area (Å²) in [5, 5.41) is 0. The Morgan fingerprint density at radius 3 is 2.33 bits per heavy atom. The van der Waals surface area contributed by atoms with Gasteiger partial charge in [-0.25, -0.2) is 0 Å². The topological polar surface area (TPSA) is 6.48 Å². The maximum absolute atomic E-state index is 2.52. The van der Waals surface area contributed by atoms with Crippen LogP contribution in [0.2, 0.25) is 0 Å². The molecule has 0 aromatic carbocycles. The summed E-state index contributed by atoms with van der Waals surface area (Å²) in [7, 11) is 2.19. The monoisotopic (exact) mass is 168 g/mol. The van der Waals surface area contributed by atoms with Gasteiger partial charge >= 0.3 is 0 Å². The summed E-state index contributed by atoms with van der Waals surface area (Å²) in [5.41, 5.74) is 1.49. The summed E-state index contributed by atoms with van der Waals surface area (Å²) in [6.45, 7) is 10.4. The minimum atomic E-state index is 1.16. The second-order valence-corrected chi connectivity index (χ2v) is 3.71. The van der Waals surface area contributed by atoms with Crippen LogP contribution in [0, 0.1) is 0 Å². The Hall–Kier alpha value is -0.340. The fourth-order valence-corrected chi connectivity index (χ4v) is 1.45. The van der Waals surface area contributed by atoms with E-state index >= 15 is 0 Å². The van der Waals surface area contributed by atoms with Crippen molar-refractivity contribution >= 4 is 0 Å². The Morgan fingerprint density at radius 1 is 1.25 bits per heavy atom. The van der Waals surface area contributed by atoms with E-state index in [4.69, 9.17) is 0 Å². The number of hydrogen-bond donors (Lipinski definition) is 0. The molecule has 2 nitrogen and oxygen atoms in total. The van der Waals surface area contributed by atoms with Crippen molar-refractivity contribution in [2.24, 2.45) is 0 Å². The second kappa shape index (κ2) is 4.63. The zero-order chi connectivity index (χ0) is 8.97. The molecular weight excluding hydrogens is 148 g/mol. The van der Waals surface area contributed by atoms with E-state index in [1.54, 1.807) is 0 Å². The highest BCUT2D eigenvalue weighted by Gasteiger charge is 2.12. The number of rotatable bonds is 2. The van der Waals surface area contributed by atoms with Crippen molar-refractivity contribution in [1.29, 1.82) is 0 Å². The van der Waals surface area contributed by atoms with E-state index in [1.165, 1.54) is 31.8 Å². The lowest BCUT2D eigenvalue weighted by Crippen LogP contribution is -2.44. The van der Waals surface area contributed by atoms with E-state index in [0.29, 0.717) is 0 Å². The predicted octanol–water partition coefficient (Wildman–Crippen LogP) is 1.20. The van der Waals surface area contributed by atoms with Crippen LogP contribution < -0.4 is 0 Å². The summed E-state index contributed by atoms with van der Waals surface area (Å²) in [6.07, 6.45) is 2.21. The van der Waals surface area contributed by atoms with Gasteiger partial charge in [-0.1, -0.05) is 11.6 Å². The summed E-state index contributed by atoms with van der Waals surface area (Å²) >= 11 is 0. The van der Waals surface area contributed by atoms with Crippen molar-refractivity contribution < 1.29 is 0 Å². The van der Waals surface area contributed by atoms with Crippen LogP contribution in [0.4, 0.5) is 0 Å². The highest BCUT2D eigenvalue weighted by molar-refractivity contribution is 4.98. The molecule has 0 bridgehead atoms. The maximum atomic E-state index is 2.52. The smallest absolute Gasteiger partial charge is 0.0191 e. The summed E-state index contributed by atoms with van der Waals surface area (Å²) in [6, 6.07) is 0. The fraction of sp³-hybridized carbons (Fsp3) is 0.800. The summed E-state index contributed by atoms with van der Waals surface area (Å²) < 4.78 is 0. The molecule has 0 aromatic rings. The van der Waals surface area contributed by atoms with Crippen molar-refractivity contribution in [2.75, 3.05) is 39.8 Å². The van der Waals surface area contributed by atoms with E-state index in [1.807, 2.05) is 0 Å². The van der Waals surface area contributed by atoms with Crippen molar-refractivity contribution in [1.82, 2.24) is 9.80 Å². The average molecular weight is 168 g/mol. The molecule has 0 spiro atoms. The Kier molecular flexibility index (Phi) is 3.76. The van der Waals surface area contributed by atoms with Gasteiger partial charge in [-0.2, -0.15) is 0 Å². The second-order valence-electron chi connectivity index (χ2n) is 3.71. The van der Waals surface area contributed by atoms with Crippen molar-refractivity contribution in [2.45, 2.75) is 13.8 Å². The first kappa shape index (κ1) is 9.75. The van der Waals surface area contributed by atoms with Crippen molar-refractivity contribution in [3.05, 3.63) is 11.6 Å². The van der Waals surface area contributed by atoms with Crippen LogP contribution in [0.3, 0.4) is 0 Å². The lowest BCUT2D eigenvalue weighted by atomic mass is 10.2. The van der Waals surface area contributed by atoms with Gasteiger partial charge in [0.2, 0.25) is 0 Å². The lowest BCUT2D eigenvalue weighted by molar-refractivity contribution is 0.164. The van der Waals surface area contributed by atoms with Gasteiger partial charge in [0.15, 0.2) is 0 Å². The van der Waals surface area contributed by atoms with Gasteiger partial charge in [0, 0.05) is 32.7 Å². The van der Waals surface area contributed by atoms with Gasteiger partial charge in [-0.05, 0) is 20.9 Å². The highest BCUT2D eigenvalue weighted by Crippen LogP contribution is 2.02. The van der Waals surface area contributed by atoms with E-state index in [9.17, 15) is 0 Å². The van der Waals surface area contributed by atoms with E-state index in [2.05, 4.69) is 36.8 Å². The molecule has 70 valence electrons. The third-order valence-electron chi connectivity index (χ3n) is 2.56. The molecule has 0 unspecified atom stereocenters. The van der Waals surface area contributed by atoms with Crippen LogP contribution in [-0.2, 0) is 0 Å². The number of piperazine rings is 1. The van der Waals surface area contributed by atoms with E-state index in [-0.39, 0.29) is 0 Å². The molecule has 0 aliphatic carbocycles. The highest BCUT2D eigenvalue weighted by atomic mass is 15.2. The maximum Gasteiger partial charge on any atom is 0.0191 e. The van der Waals surface area contributed by atoms with Gasteiger partial charge in [-0.3, -0.25) is 4.90 Å². The Morgan fingerprint density at radius 2 is 1.83 bits per heavy atom. The zero-order valence-corrected chi connectivity index (χ0v) is 8.51. The molecular formula is C10H20N2. The van der Waals surface area contributed by atoms with E-state index < -0.39 is 0 Å². The molecule has 1 saturated heterocycles. The Bertz CT molecular complexity index is 155. The summed E-state index contributed by atoms with van der Waals surface area (Å²) in [5.74, 6) is 0. The number of allylic oxidation sites excluding steroid dienone is 1. The first-order valence-electron chi connectivity index (χ1n) is 4.75. The lowest BCUT2D eigenvalue weighted by Gasteiger charge is -2.32. The minimum absolute atomic E-state index is 1.16. The largest absolute Gasteiger partial charge is 0.304 e. The molecule has 0 saturated carbocycles. The molecule has 1 fully saturated rings. The van der Waals surface area contributed by atoms with Crippen LogP contribution in [0.25, 0.3) is 0 Å². The first-order chi connectivity index (χ1) is 5.72. The molecule has 1 heterocycles. The standard InChI is InChI=1S/C10H20N2/c1-4-10(2)9-12-7-5-11(3)6-8-12/h4H,5-9H2,1-3H3. The molecule has 0 aromatic heterocycles. The number of nitrogens with zero attached hydrogens (tertiary/aromatic N) is 2. The van der Waals surface area contributed by atoms with Gasteiger partial charge in [0.25, 0.3) is 0 Å². The average Bonchev–Trinajstić information content (AvgIpc) is 2.09. The molecule has 0 N–H and O–H groups in total. The number of likely N-dealkylation sites (N-methyl/N-ethyl adjacent to an activating group) is 1. The van der Waals surface area contributed by atoms with Gasteiger partial charge in [-0.15, -0.1) is 0 Å². The predicted molar refractivity (Wildman–Crippen MR) is 53.4 cm³/mol. The number of hydrogen-bond acceptors (Lipinski definition) is 2. The van der Waals surface area contributed by atoms with Crippen LogP contribution in [0.1, 0.15) is 13.8 Å². The molecule has 12 heavy (non-hydrogen) atoms. The molecule has 1 rings (SSSR count). The van der Waals surface area contributed by atoms with Crippen LogP contribution in [0.5, 0.6) is 0 Å². The Balaban J connectivity index is 2.26. The van der Waals surface area contributed by atoms with Gasteiger partial charge < -0.3 is 4.90 Å².